The molecule has 0 spiro atoms. The van der Waals surface area contributed by atoms with Gasteiger partial charge in [0.25, 0.3) is 5.91 Å². The van der Waals surface area contributed by atoms with Crippen molar-refractivity contribution in [2.24, 2.45) is 5.73 Å². The van der Waals surface area contributed by atoms with Gasteiger partial charge in [0.05, 0.1) is 5.69 Å². The van der Waals surface area contributed by atoms with Crippen molar-refractivity contribution in [1.29, 1.82) is 0 Å². The topological polar surface area (TPSA) is 102 Å². The molecule has 19 heavy (non-hydrogen) atoms. The maximum atomic E-state index is 12.4. The number of hydrogen-bond acceptors (Lipinski definition) is 4. The number of urea groups is 1. The second-order valence-corrected chi connectivity index (χ2v) is 4.01. The molecule has 2 heterocycles. The summed E-state index contributed by atoms with van der Waals surface area (Å²) in [4.78, 5) is 22.9. The summed E-state index contributed by atoms with van der Waals surface area (Å²) in [6.07, 6.45) is -3.40. The van der Waals surface area contributed by atoms with Crippen LogP contribution >= 0.6 is 0 Å². The molecular weight excluding hydrogens is 267 g/mol. The maximum Gasteiger partial charge on any atom is 0.408 e. The van der Waals surface area contributed by atoms with E-state index in [1.807, 2.05) is 5.32 Å². The van der Waals surface area contributed by atoms with Gasteiger partial charge in [-0.1, -0.05) is 0 Å². The molecule has 1 aliphatic heterocycles. The normalized spacial score (nSPS) is 23.4. The van der Waals surface area contributed by atoms with E-state index in [4.69, 9.17) is 5.73 Å². The number of hydrogen-bond donors (Lipinski definition) is 3. The lowest BCUT2D eigenvalue weighted by Gasteiger charge is -2.25. The van der Waals surface area contributed by atoms with Crippen molar-refractivity contribution in [1.82, 2.24) is 20.4 Å². The standard InChI is InChI=1S/C9H10F3N5O2/c10-9(11,12)4-17-5(1-2-14-17)8(3-13)6(18)15-7(19)16-8/h1-2H,3-4,13H2,(H2,15,16,18,19). The number of halogens is 3. The molecule has 1 saturated heterocycles. The predicted molar refractivity (Wildman–Crippen MR) is 55.7 cm³/mol. The average molecular weight is 277 g/mol. The number of nitrogens with zero attached hydrogens (tertiary/aromatic N) is 2. The highest BCUT2D eigenvalue weighted by Gasteiger charge is 2.49. The molecule has 1 fully saturated rings. The quantitative estimate of drug-likeness (QED) is 0.644. The Labute approximate surface area is 104 Å². The molecule has 0 saturated carbocycles. The number of carbonyl (C=O) groups is 2. The Morgan fingerprint density at radius 3 is 2.58 bits per heavy atom. The molecule has 3 amide bonds. The van der Waals surface area contributed by atoms with E-state index in [2.05, 4.69) is 10.4 Å². The first kappa shape index (κ1) is 13.3. The van der Waals surface area contributed by atoms with Crippen molar-refractivity contribution in [3.05, 3.63) is 18.0 Å². The van der Waals surface area contributed by atoms with Crippen LogP contribution in [0.4, 0.5) is 18.0 Å². The smallest absolute Gasteiger partial charge is 0.327 e. The predicted octanol–water partition coefficient (Wildman–Crippen LogP) is -0.561. The number of nitrogens with two attached hydrogens (primary N) is 1. The first-order chi connectivity index (χ1) is 8.78. The molecule has 0 aliphatic carbocycles. The summed E-state index contributed by atoms with van der Waals surface area (Å²) in [7, 11) is 0. The molecule has 1 unspecified atom stereocenters. The van der Waals surface area contributed by atoms with Crippen molar-refractivity contribution in [2.45, 2.75) is 18.3 Å². The van der Waals surface area contributed by atoms with Crippen molar-refractivity contribution in [2.75, 3.05) is 6.54 Å². The lowest BCUT2D eigenvalue weighted by atomic mass is 9.95. The molecule has 0 radical (unpaired) electrons. The third-order valence-electron chi connectivity index (χ3n) is 2.73. The molecule has 2 rings (SSSR count). The zero-order valence-electron chi connectivity index (χ0n) is 9.49. The van der Waals surface area contributed by atoms with Crippen LogP contribution < -0.4 is 16.4 Å². The fourth-order valence-corrected chi connectivity index (χ4v) is 1.91. The number of amides is 3. The number of nitrogens with one attached hydrogen (secondary N) is 2. The Hall–Kier alpha value is -2.10. The van der Waals surface area contributed by atoms with Crippen LogP contribution in [0.15, 0.2) is 12.3 Å². The van der Waals surface area contributed by atoms with Crippen molar-refractivity contribution in [3.8, 4) is 0 Å². The summed E-state index contributed by atoms with van der Waals surface area (Å²) in [6, 6.07) is 0.402. The molecular formula is C9H10F3N5O2. The molecule has 4 N–H and O–H groups in total. The highest BCUT2D eigenvalue weighted by Crippen LogP contribution is 2.26. The van der Waals surface area contributed by atoms with Crippen molar-refractivity contribution >= 4 is 11.9 Å². The van der Waals surface area contributed by atoms with Gasteiger partial charge in [-0.3, -0.25) is 14.8 Å². The summed E-state index contributed by atoms with van der Waals surface area (Å²) < 4.78 is 37.8. The van der Waals surface area contributed by atoms with Crippen LogP contribution in [0.1, 0.15) is 5.69 Å². The third kappa shape index (κ3) is 2.26. The Morgan fingerprint density at radius 2 is 2.11 bits per heavy atom. The molecule has 104 valence electrons. The largest absolute Gasteiger partial charge is 0.408 e. The summed E-state index contributed by atoms with van der Waals surface area (Å²) >= 11 is 0. The van der Waals surface area contributed by atoms with Gasteiger partial charge in [-0.05, 0) is 6.07 Å². The highest BCUT2D eigenvalue weighted by atomic mass is 19.4. The van der Waals surface area contributed by atoms with E-state index >= 15 is 0 Å². The average Bonchev–Trinajstić information content (AvgIpc) is 2.81. The maximum absolute atomic E-state index is 12.4. The van der Waals surface area contributed by atoms with Crippen LogP contribution in [0.3, 0.4) is 0 Å². The van der Waals surface area contributed by atoms with Crippen molar-refractivity contribution < 1.29 is 22.8 Å². The fourth-order valence-electron chi connectivity index (χ4n) is 1.91. The van der Waals surface area contributed by atoms with Gasteiger partial charge in [-0.15, -0.1) is 0 Å². The zero-order valence-corrected chi connectivity index (χ0v) is 9.49. The highest BCUT2D eigenvalue weighted by molar-refractivity contribution is 6.07. The molecule has 1 aliphatic rings. The number of imide groups is 1. The fraction of sp³-hybridized carbons (Fsp3) is 0.444. The van der Waals surface area contributed by atoms with Gasteiger partial charge in [0.15, 0.2) is 5.54 Å². The van der Waals surface area contributed by atoms with Gasteiger partial charge in [0, 0.05) is 12.7 Å². The Morgan fingerprint density at radius 1 is 1.42 bits per heavy atom. The summed E-state index contributed by atoms with van der Waals surface area (Å²) in [6.45, 7) is -1.76. The van der Waals surface area contributed by atoms with Crippen LogP contribution in [-0.4, -0.2) is 34.4 Å². The number of rotatable bonds is 3. The second kappa shape index (κ2) is 4.23. The number of aromatic nitrogens is 2. The SMILES string of the molecule is NCC1(c2ccnn2CC(F)(F)F)NC(=O)NC1=O. The summed E-state index contributed by atoms with van der Waals surface area (Å²) in [5.41, 5.74) is 3.61. The minimum atomic E-state index is -4.50. The zero-order chi connectivity index (χ0) is 14.3. The van der Waals surface area contributed by atoms with E-state index < -0.39 is 30.2 Å². The van der Waals surface area contributed by atoms with E-state index in [0.29, 0.717) is 4.68 Å². The van der Waals surface area contributed by atoms with Crippen LogP contribution in [0.5, 0.6) is 0 Å². The number of alkyl halides is 3. The van der Waals surface area contributed by atoms with Gasteiger partial charge < -0.3 is 11.1 Å². The lowest BCUT2D eigenvalue weighted by Crippen LogP contribution is -2.51. The molecule has 0 bridgehead atoms. The van der Waals surface area contributed by atoms with Crippen LogP contribution in [0.25, 0.3) is 0 Å². The Balaban J connectivity index is 2.43. The van der Waals surface area contributed by atoms with Gasteiger partial charge in [-0.25, -0.2) is 4.79 Å². The minimum absolute atomic E-state index is 0.115. The van der Waals surface area contributed by atoms with Crippen LogP contribution in [0, 0.1) is 0 Å². The van der Waals surface area contributed by atoms with Crippen LogP contribution in [-0.2, 0) is 16.9 Å². The second-order valence-electron chi connectivity index (χ2n) is 4.01. The van der Waals surface area contributed by atoms with E-state index in [0.717, 1.165) is 6.20 Å². The molecule has 10 heteroatoms. The Kier molecular flexibility index (Phi) is 2.97. The summed E-state index contributed by atoms with van der Waals surface area (Å²) in [5.74, 6) is -0.802. The first-order valence-electron chi connectivity index (χ1n) is 5.21. The van der Waals surface area contributed by atoms with E-state index in [1.165, 1.54) is 6.07 Å². The Bertz CT molecular complexity index is 526. The van der Waals surface area contributed by atoms with Gasteiger partial charge in [-0.2, -0.15) is 18.3 Å². The van der Waals surface area contributed by atoms with E-state index in [9.17, 15) is 22.8 Å². The van der Waals surface area contributed by atoms with Crippen LogP contribution in [0.2, 0.25) is 0 Å². The molecule has 1 aromatic heterocycles. The van der Waals surface area contributed by atoms with E-state index in [-0.39, 0.29) is 12.2 Å². The lowest BCUT2D eigenvalue weighted by molar-refractivity contribution is -0.144. The molecule has 7 nitrogen and oxygen atoms in total. The summed E-state index contributed by atoms with van der Waals surface area (Å²) in [5, 5.41) is 7.70. The van der Waals surface area contributed by atoms with Gasteiger partial charge >= 0.3 is 12.2 Å². The molecule has 0 aromatic carbocycles. The number of carbonyl (C=O) groups excluding carboxylic acids is 2. The minimum Gasteiger partial charge on any atom is -0.327 e. The third-order valence-corrected chi connectivity index (χ3v) is 2.73. The molecule has 1 atom stereocenters. The van der Waals surface area contributed by atoms with Gasteiger partial charge in [0.1, 0.15) is 6.54 Å². The van der Waals surface area contributed by atoms with Crippen molar-refractivity contribution in [3.63, 3.8) is 0 Å². The van der Waals surface area contributed by atoms with E-state index in [1.54, 1.807) is 0 Å². The first-order valence-corrected chi connectivity index (χ1v) is 5.21. The van der Waals surface area contributed by atoms with Gasteiger partial charge in [0.2, 0.25) is 0 Å². The monoisotopic (exact) mass is 277 g/mol. The molecule has 1 aromatic rings.